The maximum absolute atomic E-state index is 8.59. The van der Waals surface area contributed by atoms with Crippen molar-refractivity contribution < 1.29 is 0 Å². The van der Waals surface area contributed by atoms with Gasteiger partial charge in [0.25, 0.3) is 0 Å². The van der Waals surface area contributed by atoms with Crippen LogP contribution in [0.15, 0.2) is 37.1 Å². The summed E-state index contributed by atoms with van der Waals surface area (Å²) in [5, 5.41) is 11.8. The van der Waals surface area contributed by atoms with Crippen molar-refractivity contribution in [3.8, 4) is 6.07 Å². The van der Waals surface area contributed by atoms with E-state index in [4.69, 9.17) is 5.26 Å². The van der Waals surface area contributed by atoms with Gasteiger partial charge in [-0.05, 0) is 12.1 Å². The first-order chi connectivity index (χ1) is 7.88. The molecule has 0 aliphatic rings. The number of anilines is 1. The molecule has 0 aliphatic carbocycles. The smallest absolute Gasteiger partial charge is 0.140 e. The number of hydrogen-bond acceptors (Lipinski definition) is 4. The lowest BCUT2D eigenvalue weighted by Gasteiger charge is -2.06. The second kappa shape index (κ2) is 4.94. The van der Waals surface area contributed by atoms with Crippen LogP contribution in [0.2, 0.25) is 0 Å². The fourth-order valence-corrected chi connectivity index (χ4v) is 1.31. The van der Waals surface area contributed by atoms with Crippen molar-refractivity contribution in [2.45, 2.75) is 6.54 Å². The first-order valence-electron chi connectivity index (χ1n) is 4.94. The first kappa shape index (κ1) is 10.2. The minimum atomic E-state index is 0.431. The monoisotopic (exact) mass is 213 g/mol. The summed E-state index contributed by atoms with van der Waals surface area (Å²) in [6, 6.07) is 5.52. The lowest BCUT2D eigenvalue weighted by atomic mass is 10.3. The van der Waals surface area contributed by atoms with E-state index < -0.39 is 0 Å². The highest BCUT2D eigenvalue weighted by molar-refractivity contribution is 5.42. The van der Waals surface area contributed by atoms with Crippen LogP contribution in [-0.4, -0.2) is 21.1 Å². The molecule has 2 aromatic rings. The molecule has 80 valence electrons. The molecule has 2 aromatic heterocycles. The van der Waals surface area contributed by atoms with Gasteiger partial charge in [0.1, 0.15) is 11.8 Å². The number of nitriles is 1. The topological polar surface area (TPSA) is 66.5 Å². The Labute approximate surface area is 93.4 Å². The van der Waals surface area contributed by atoms with E-state index in [1.54, 1.807) is 24.8 Å². The molecule has 0 spiro atoms. The zero-order valence-corrected chi connectivity index (χ0v) is 8.67. The third-order valence-electron chi connectivity index (χ3n) is 2.14. The number of nitrogens with zero attached hydrogens (tertiary/aromatic N) is 4. The molecule has 2 heterocycles. The summed E-state index contributed by atoms with van der Waals surface area (Å²) in [5.74, 6) is 0. The average Bonchev–Trinajstić information content (AvgIpc) is 2.83. The van der Waals surface area contributed by atoms with Crippen molar-refractivity contribution >= 4 is 5.69 Å². The van der Waals surface area contributed by atoms with Crippen LogP contribution in [0.3, 0.4) is 0 Å². The second-order valence-corrected chi connectivity index (χ2v) is 3.27. The van der Waals surface area contributed by atoms with Gasteiger partial charge in [-0.25, -0.2) is 9.97 Å². The Balaban J connectivity index is 1.83. The van der Waals surface area contributed by atoms with Crippen molar-refractivity contribution in [1.82, 2.24) is 14.5 Å². The molecule has 0 atom stereocenters. The molecular formula is C11H11N5. The van der Waals surface area contributed by atoms with E-state index in [0.29, 0.717) is 5.69 Å². The van der Waals surface area contributed by atoms with Crippen molar-refractivity contribution in [1.29, 1.82) is 5.26 Å². The van der Waals surface area contributed by atoms with Gasteiger partial charge in [0.05, 0.1) is 18.2 Å². The van der Waals surface area contributed by atoms with Gasteiger partial charge < -0.3 is 9.88 Å². The van der Waals surface area contributed by atoms with Gasteiger partial charge >= 0.3 is 0 Å². The highest BCUT2D eigenvalue weighted by Crippen LogP contribution is 2.04. The summed E-state index contributed by atoms with van der Waals surface area (Å²) >= 11 is 0. The van der Waals surface area contributed by atoms with E-state index in [1.165, 1.54) is 0 Å². The molecule has 0 saturated carbocycles. The number of rotatable bonds is 4. The molecule has 0 aliphatic heterocycles. The molecular weight excluding hydrogens is 202 g/mol. The van der Waals surface area contributed by atoms with Crippen LogP contribution in [0.5, 0.6) is 0 Å². The minimum absolute atomic E-state index is 0.431. The quantitative estimate of drug-likeness (QED) is 0.830. The molecule has 0 unspecified atom stereocenters. The lowest BCUT2D eigenvalue weighted by molar-refractivity contribution is 0.727. The Morgan fingerprint density at radius 3 is 3.00 bits per heavy atom. The molecule has 16 heavy (non-hydrogen) atoms. The zero-order valence-electron chi connectivity index (χ0n) is 8.67. The van der Waals surface area contributed by atoms with Crippen LogP contribution < -0.4 is 5.32 Å². The average molecular weight is 213 g/mol. The minimum Gasteiger partial charge on any atom is -0.382 e. The molecule has 0 aromatic carbocycles. The fourth-order valence-electron chi connectivity index (χ4n) is 1.31. The van der Waals surface area contributed by atoms with E-state index in [2.05, 4.69) is 15.3 Å². The van der Waals surface area contributed by atoms with Gasteiger partial charge in [-0.3, -0.25) is 0 Å². The number of imidazole rings is 1. The van der Waals surface area contributed by atoms with E-state index >= 15 is 0 Å². The van der Waals surface area contributed by atoms with Crippen molar-refractivity contribution in [2.24, 2.45) is 0 Å². The number of hydrogen-bond donors (Lipinski definition) is 1. The summed E-state index contributed by atoms with van der Waals surface area (Å²) in [6.45, 7) is 1.64. The van der Waals surface area contributed by atoms with E-state index in [0.717, 1.165) is 18.8 Å². The Kier molecular flexibility index (Phi) is 3.14. The van der Waals surface area contributed by atoms with Gasteiger partial charge in [0.15, 0.2) is 0 Å². The lowest BCUT2D eigenvalue weighted by Crippen LogP contribution is -2.09. The predicted octanol–water partition coefficient (Wildman–Crippen LogP) is 1.26. The highest BCUT2D eigenvalue weighted by atomic mass is 15.0. The molecule has 0 amide bonds. The van der Waals surface area contributed by atoms with Crippen LogP contribution in [0, 0.1) is 11.3 Å². The maximum atomic E-state index is 8.59. The molecule has 5 nitrogen and oxygen atoms in total. The normalized spacial score (nSPS) is 9.69. The Bertz CT molecular complexity index is 466. The maximum Gasteiger partial charge on any atom is 0.140 e. The Hall–Kier alpha value is -2.35. The van der Waals surface area contributed by atoms with Crippen LogP contribution in [-0.2, 0) is 6.54 Å². The van der Waals surface area contributed by atoms with Gasteiger partial charge in [0.2, 0.25) is 0 Å². The van der Waals surface area contributed by atoms with Crippen LogP contribution in [0.25, 0.3) is 0 Å². The summed E-state index contributed by atoms with van der Waals surface area (Å²) < 4.78 is 1.99. The van der Waals surface area contributed by atoms with Crippen LogP contribution in [0.4, 0.5) is 5.69 Å². The van der Waals surface area contributed by atoms with E-state index in [9.17, 15) is 0 Å². The molecule has 0 fully saturated rings. The fraction of sp³-hybridized carbons (Fsp3) is 0.182. The molecule has 2 rings (SSSR count). The Morgan fingerprint density at radius 1 is 1.44 bits per heavy atom. The van der Waals surface area contributed by atoms with Gasteiger partial charge in [-0.15, -0.1) is 0 Å². The van der Waals surface area contributed by atoms with Crippen molar-refractivity contribution in [2.75, 3.05) is 11.9 Å². The van der Waals surface area contributed by atoms with Gasteiger partial charge in [-0.2, -0.15) is 5.26 Å². The highest BCUT2D eigenvalue weighted by Gasteiger charge is 1.94. The van der Waals surface area contributed by atoms with E-state index in [1.807, 2.05) is 22.9 Å². The largest absolute Gasteiger partial charge is 0.382 e. The summed E-state index contributed by atoms with van der Waals surface area (Å²) in [4.78, 5) is 7.93. The number of nitrogens with one attached hydrogen (secondary N) is 1. The summed E-state index contributed by atoms with van der Waals surface area (Å²) in [6.07, 6.45) is 7.10. The van der Waals surface area contributed by atoms with E-state index in [-0.39, 0.29) is 0 Å². The summed E-state index contributed by atoms with van der Waals surface area (Å²) in [7, 11) is 0. The predicted molar refractivity (Wildman–Crippen MR) is 59.7 cm³/mol. The molecule has 0 saturated heterocycles. The zero-order chi connectivity index (χ0) is 11.2. The van der Waals surface area contributed by atoms with Crippen molar-refractivity contribution in [3.05, 3.63) is 42.7 Å². The van der Waals surface area contributed by atoms with Gasteiger partial charge in [-0.1, -0.05) is 0 Å². The first-order valence-corrected chi connectivity index (χ1v) is 4.94. The second-order valence-electron chi connectivity index (χ2n) is 3.27. The standard InChI is InChI=1S/C11H11N5/c12-7-10-1-2-11(8-15-10)14-4-6-16-5-3-13-9-16/h1-3,5,8-9,14H,4,6H2. The molecule has 1 N–H and O–H groups in total. The molecule has 0 bridgehead atoms. The third-order valence-corrected chi connectivity index (χ3v) is 2.14. The van der Waals surface area contributed by atoms with Crippen molar-refractivity contribution in [3.63, 3.8) is 0 Å². The van der Waals surface area contributed by atoms with Gasteiger partial charge in [0, 0.05) is 25.5 Å². The number of pyridine rings is 1. The third kappa shape index (κ3) is 2.58. The van der Waals surface area contributed by atoms with Crippen LogP contribution in [0.1, 0.15) is 5.69 Å². The SMILES string of the molecule is N#Cc1ccc(NCCn2ccnc2)cn1. The number of aromatic nitrogens is 3. The molecule has 5 heteroatoms. The summed E-state index contributed by atoms with van der Waals surface area (Å²) in [5.41, 5.74) is 1.35. The Morgan fingerprint density at radius 2 is 2.38 bits per heavy atom. The van der Waals surface area contributed by atoms with Crippen LogP contribution >= 0.6 is 0 Å². The molecule has 0 radical (unpaired) electrons.